The summed E-state index contributed by atoms with van der Waals surface area (Å²) in [6.07, 6.45) is 4.92. The van der Waals surface area contributed by atoms with Crippen LogP contribution in [0.2, 0.25) is 0 Å². The molecule has 6 atom stereocenters. The molecule has 170 valence electrons. The van der Waals surface area contributed by atoms with E-state index in [9.17, 15) is 9.59 Å². The predicted octanol–water partition coefficient (Wildman–Crippen LogP) is 3.91. The van der Waals surface area contributed by atoms with E-state index >= 15 is 0 Å². The lowest BCUT2D eigenvalue weighted by Crippen LogP contribution is -2.49. The molecule has 0 aromatic heterocycles. The molecule has 3 aliphatic heterocycles. The minimum Gasteiger partial charge on any atom is -0.365 e. The smallest absolute Gasteiger partial charge is 0.247 e. The fourth-order valence-corrected chi connectivity index (χ4v) is 7.76. The topological polar surface area (TPSA) is 71.0 Å². The number of benzene rings is 1. The zero-order valence-electron chi connectivity index (χ0n) is 19.5. The van der Waals surface area contributed by atoms with Gasteiger partial charge in [0.2, 0.25) is 11.8 Å². The highest BCUT2D eigenvalue weighted by atomic mass is 16.5. The van der Waals surface area contributed by atoms with Gasteiger partial charge in [0.05, 0.1) is 29.6 Å². The minimum absolute atomic E-state index is 0.000413. The molecule has 1 aromatic rings. The number of carbonyl (C=O) groups is 2. The maximum atomic E-state index is 13.6. The summed E-state index contributed by atoms with van der Waals surface area (Å²) in [7, 11) is 0. The number of rotatable bonds is 3. The molecule has 4 bridgehead atoms. The number of anilines is 1. The molecular weight excluding hydrogens is 402 g/mol. The van der Waals surface area contributed by atoms with E-state index in [-0.39, 0.29) is 22.6 Å². The lowest BCUT2D eigenvalue weighted by atomic mass is 9.68. The average molecular weight is 436 g/mol. The van der Waals surface area contributed by atoms with E-state index in [1.54, 1.807) is 4.90 Å². The van der Waals surface area contributed by atoms with Crippen LogP contribution in [-0.4, -0.2) is 35.3 Å². The summed E-state index contributed by atoms with van der Waals surface area (Å²) in [5.41, 5.74) is 3.95. The van der Waals surface area contributed by atoms with Crippen LogP contribution < -0.4 is 10.3 Å². The third-order valence-electron chi connectivity index (χ3n) is 10.2. The molecule has 2 amide bonds. The van der Waals surface area contributed by atoms with Crippen molar-refractivity contribution in [2.75, 3.05) is 11.4 Å². The second kappa shape index (κ2) is 6.22. The van der Waals surface area contributed by atoms with Gasteiger partial charge in [0, 0.05) is 16.8 Å². The molecular formula is C26H33N3O3. The van der Waals surface area contributed by atoms with E-state index in [0.29, 0.717) is 12.5 Å². The van der Waals surface area contributed by atoms with E-state index in [1.165, 1.54) is 6.42 Å². The lowest BCUT2D eigenvalue weighted by Gasteiger charge is -2.34. The molecule has 1 aromatic carbocycles. The third-order valence-corrected chi connectivity index (χ3v) is 10.2. The van der Waals surface area contributed by atoms with Gasteiger partial charge in [-0.15, -0.1) is 0 Å². The van der Waals surface area contributed by atoms with Crippen LogP contribution in [0.25, 0.3) is 0 Å². The molecule has 6 rings (SSSR count). The molecule has 4 unspecified atom stereocenters. The van der Waals surface area contributed by atoms with Gasteiger partial charge in [-0.1, -0.05) is 39.0 Å². The standard InChI is InChI=1S/C26H33N3O3/c1-23(2)16-10-11-24(23,3)18(14-16)27-28-21(30)19-20-22(31)29(17-8-6-5-7-9-17)15-26(20)13-12-25(19,4)32-26/h5-9,16,19-20H,10-15H2,1-4H3,(H,28,30)/b27-18+/t16-,19?,20?,24+,25?,26?/m1/s1. The molecule has 6 heteroatoms. The molecule has 1 spiro atoms. The minimum atomic E-state index is -0.606. The Balaban J connectivity index is 1.28. The van der Waals surface area contributed by atoms with Crippen LogP contribution in [0.1, 0.15) is 59.8 Å². The van der Waals surface area contributed by atoms with Crippen molar-refractivity contribution in [1.29, 1.82) is 0 Å². The number of hydrazone groups is 1. The van der Waals surface area contributed by atoms with E-state index in [0.717, 1.165) is 37.1 Å². The normalized spacial score (nSPS) is 44.5. The summed E-state index contributed by atoms with van der Waals surface area (Å²) in [6.45, 7) is 9.47. The summed E-state index contributed by atoms with van der Waals surface area (Å²) in [4.78, 5) is 28.9. The fraction of sp³-hybridized carbons (Fsp3) is 0.654. The molecule has 5 fully saturated rings. The Morgan fingerprint density at radius 3 is 2.53 bits per heavy atom. The Kier molecular flexibility index (Phi) is 3.97. The monoisotopic (exact) mass is 435 g/mol. The van der Waals surface area contributed by atoms with Gasteiger partial charge in [-0.05, 0) is 62.5 Å². The number of fused-ring (bicyclic) bond motifs is 3. The van der Waals surface area contributed by atoms with Gasteiger partial charge in [-0.25, -0.2) is 5.43 Å². The van der Waals surface area contributed by atoms with Crippen LogP contribution in [0.5, 0.6) is 0 Å². The predicted molar refractivity (Wildman–Crippen MR) is 122 cm³/mol. The Morgan fingerprint density at radius 2 is 1.88 bits per heavy atom. The highest BCUT2D eigenvalue weighted by molar-refractivity contribution is 6.03. The van der Waals surface area contributed by atoms with E-state index in [2.05, 4.69) is 31.3 Å². The SMILES string of the molecule is CC12CCC3(CN(c4ccccc4)C(=O)C3C1C(=O)N/N=C1\C[C@H]3CC[C@]1(C)C3(C)C)O2. The Bertz CT molecular complexity index is 1040. The van der Waals surface area contributed by atoms with Crippen molar-refractivity contribution < 1.29 is 14.3 Å². The van der Waals surface area contributed by atoms with Crippen molar-refractivity contribution in [2.24, 2.45) is 33.7 Å². The number of carbonyl (C=O) groups excluding carboxylic acids is 2. The first kappa shape index (κ1) is 20.4. The van der Waals surface area contributed by atoms with Crippen LogP contribution in [0.3, 0.4) is 0 Å². The van der Waals surface area contributed by atoms with E-state index in [4.69, 9.17) is 4.74 Å². The van der Waals surface area contributed by atoms with Crippen LogP contribution >= 0.6 is 0 Å². The first-order chi connectivity index (χ1) is 15.1. The van der Waals surface area contributed by atoms with Gasteiger partial charge < -0.3 is 9.64 Å². The molecule has 2 aliphatic carbocycles. The number of para-hydroxylation sites is 1. The van der Waals surface area contributed by atoms with Gasteiger partial charge >= 0.3 is 0 Å². The summed E-state index contributed by atoms with van der Waals surface area (Å²) >= 11 is 0. The van der Waals surface area contributed by atoms with Crippen molar-refractivity contribution in [3.63, 3.8) is 0 Å². The maximum absolute atomic E-state index is 13.6. The summed E-state index contributed by atoms with van der Waals surface area (Å²) in [5.74, 6) is -0.500. The van der Waals surface area contributed by atoms with Gasteiger partial charge in [0.1, 0.15) is 0 Å². The van der Waals surface area contributed by atoms with Crippen molar-refractivity contribution in [2.45, 2.75) is 71.0 Å². The summed E-state index contributed by atoms with van der Waals surface area (Å²) < 4.78 is 6.53. The lowest BCUT2D eigenvalue weighted by molar-refractivity contribution is -0.135. The molecule has 6 nitrogen and oxygen atoms in total. The average Bonchev–Trinajstić information content (AvgIpc) is 3.45. The first-order valence-electron chi connectivity index (χ1n) is 12.0. The highest BCUT2D eigenvalue weighted by Gasteiger charge is 2.73. The van der Waals surface area contributed by atoms with Crippen molar-refractivity contribution >= 4 is 23.2 Å². The molecule has 3 saturated heterocycles. The first-order valence-corrected chi connectivity index (χ1v) is 12.0. The zero-order chi connectivity index (χ0) is 22.5. The van der Waals surface area contributed by atoms with E-state index in [1.807, 2.05) is 37.3 Å². The Labute approximate surface area is 189 Å². The van der Waals surface area contributed by atoms with Crippen LogP contribution in [0, 0.1) is 28.6 Å². The van der Waals surface area contributed by atoms with Crippen molar-refractivity contribution in [3.05, 3.63) is 30.3 Å². The summed E-state index contributed by atoms with van der Waals surface area (Å²) in [5, 5.41) is 4.68. The van der Waals surface area contributed by atoms with Crippen LogP contribution in [-0.2, 0) is 14.3 Å². The Hall–Kier alpha value is -2.21. The van der Waals surface area contributed by atoms with Crippen molar-refractivity contribution in [3.8, 4) is 0 Å². The second-order valence-corrected chi connectivity index (χ2v) is 11.7. The quantitative estimate of drug-likeness (QED) is 0.732. The second-order valence-electron chi connectivity index (χ2n) is 11.7. The van der Waals surface area contributed by atoms with Crippen LogP contribution in [0.4, 0.5) is 5.69 Å². The fourth-order valence-electron chi connectivity index (χ4n) is 7.76. The van der Waals surface area contributed by atoms with E-state index < -0.39 is 23.0 Å². The molecule has 3 heterocycles. The number of hydrogen-bond donors (Lipinski definition) is 1. The summed E-state index contributed by atoms with van der Waals surface area (Å²) in [6, 6.07) is 9.71. The maximum Gasteiger partial charge on any atom is 0.247 e. The number of amides is 2. The molecule has 0 radical (unpaired) electrons. The molecule has 2 saturated carbocycles. The Morgan fingerprint density at radius 1 is 1.12 bits per heavy atom. The van der Waals surface area contributed by atoms with Gasteiger partial charge in [-0.3, -0.25) is 9.59 Å². The highest BCUT2D eigenvalue weighted by Crippen LogP contribution is 2.64. The van der Waals surface area contributed by atoms with Crippen LogP contribution in [0.15, 0.2) is 35.4 Å². The zero-order valence-corrected chi connectivity index (χ0v) is 19.5. The van der Waals surface area contributed by atoms with Gasteiger partial charge in [0.25, 0.3) is 0 Å². The number of nitrogens with one attached hydrogen (secondary N) is 1. The van der Waals surface area contributed by atoms with Gasteiger partial charge in [0.15, 0.2) is 0 Å². The largest absolute Gasteiger partial charge is 0.365 e. The molecule has 5 aliphatic rings. The number of hydrogen-bond acceptors (Lipinski definition) is 4. The number of nitrogens with zero attached hydrogens (tertiary/aromatic N) is 2. The van der Waals surface area contributed by atoms with Gasteiger partial charge in [-0.2, -0.15) is 5.10 Å². The third kappa shape index (κ3) is 2.37. The molecule has 1 N–H and O–H groups in total. The van der Waals surface area contributed by atoms with Crippen molar-refractivity contribution in [1.82, 2.24) is 5.43 Å². The molecule has 32 heavy (non-hydrogen) atoms. The number of ether oxygens (including phenoxy) is 1.